The molecule has 1 amide bonds. The van der Waals surface area contributed by atoms with Crippen molar-refractivity contribution in [1.82, 2.24) is 5.32 Å². The van der Waals surface area contributed by atoms with Crippen LogP contribution in [0.5, 0.6) is 0 Å². The largest absolute Gasteiger partial charge is 0.356 e. The number of hydrogen-bond acceptors (Lipinski definition) is 2. The van der Waals surface area contributed by atoms with Crippen LogP contribution in [0.25, 0.3) is 0 Å². The number of hydrogen-bond donors (Lipinski definition) is 1. The fourth-order valence-corrected chi connectivity index (χ4v) is 2.49. The van der Waals surface area contributed by atoms with E-state index in [1.807, 2.05) is 11.4 Å². The first-order chi connectivity index (χ1) is 9.24. The van der Waals surface area contributed by atoms with E-state index in [0.717, 1.165) is 12.0 Å². The second-order valence-corrected chi connectivity index (χ2v) is 5.34. The highest BCUT2D eigenvalue weighted by Gasteiger charge is 2.02. The van der Waals surface area contributed by atoms with Gasteiger partial charge in [0.1, 0.15) is 5.82 Å². The molecule has 0 bridgehead atoms. The summed E-state index contributed by atoms with van der Waals surface area (Å²) in [7, 11) is 0. The number of amides is 1. The SMILES string of the molecule is O=C(CCc1ccc(F)cc1)NCCc1cccs1. The standard InChI is InChI=1S/C15H16FNOS/c16-13-6-3-12(4-7-13)5-8-15(18)17-10-9-14-2-1-11-19-14/h1-4,6-7,11H,5,8-10H2,(H,17,18). The fourth-order valence-electron chi connectivity index (χ4n) is 1.78. The zero-order valence-corrected chi connectivity index (χ0v) is 11.4. The quantitative estimate of drug-likeness (QED) is 0.863. The second-order valence-electron chi connectivity index (χ2n) is 4.31. The van der Waals surface area contributed by atoms with Crippen LogP contribution in [0.4, 0.5) is 4.39 Å². The molecule has 1 N–H and O–H groups in total. The van der Waals surface area contributed by atoms with Gasteiger partial charge in [-0.2, -0.15) is 0 Å². The lowest BCUT2D eigenvalue weighted by Gasteiger charge is -2.04. The zero-order chi connectivity index (χ0) is 13.5. The van der Waals surface area contributed by atoms with Crippen LogP contribution >= 0.6 is 11.3 Å². The van der Waals surface area contributed by atoms with Crippen LogP contribution in [0.3, 0.4) is 0 Å². The fraction of sp³-hybridized carbons (Fsp3) is 0.267. The molecule has 0 atom stereocenters. The van der Waals surface area contributed by atoms with Crippen LogP contribution in [-0.4, -0.2) is 12.5 Å². The Morgan fingerprint density at radius 2 is 1.95 bits per heavy atom. The molecule has 1 heterocycles. The average molecular weight is 277 g/mol. The lowest BCUT2D eigenvalue weighted by atomic mass is 10.1. The van der Waals surface area contributed by atoms with E-state index in [1.54, 1.807) is 23.5 Å². The van der Waals surface area contributed by atoms with Crippen molar-refractivity contribution in [3.8, 4) is 0 Å². The number of thiophene rings is 1. The number of halogens is 1. The van der Waals surface area contributed by atoms with Crippen molar-refractivity contribution < 1.29 is 9.18 Å². The van der Waals surface area contributed by atoms with E-state index < -0.39 is 0 Å². The minimum absolute atomic E-state index is 0.0425. The molecule has 0 aliphatic rings. The maximum Gasteiger partial charge on any atom is 0.220 e. The van der Waals surface area contributed by atoms with E-state index in [1.165, 1.54) is 17.0 Å². The molecule has 0 aliphatic heterocycles. The Morgan fingerprint density at radius 1 is 1.16 bits per heavy atom. The number of carbonyl (C=O) groups excluding carboxylic acids is 1. The number of nitrogens with one attached hydrogen (secondary N) is 1. The Morgan fingerprint density at radius 3 is 2.63 bits per heavy atom. The molecule has 0 radical (unpaired) electrons. The Bertz CT molecular complexity index is 507. The minimum atomic E-state index is -0.246. The number of rotatable bonds is 6. The van der Waals surface area contributed by atoms with Gasteiger partial charge in [0.2, 0.25) is 5.91 Å². The van der Waals surface area contributed by atoms with E-state index in [0.29, 0.717) is 19.4 Å². The summed E-state index contributed by atoms with van der Waals surface area (Å²) in [6.07, 6.45) is 1.96. The normalized spacial score (nSPS) is 10.4. The molecule has 1 aromatic heterocycles. The van der Waals surface area contributed by atoms with E-state index in [2.05, 4.69) is 11.4 Å². The predicted molar refractivity (Wildman–Crippen MR) is 75.8 cm³/mol. The highest BCUT2D eigenvalue weighted by atomic mass is 32.1. The monoisotopic (exact) mass is 277 g/mol. The summed E-state index contributed by atoms with van der Waals surface area (Å²) in [5.74, 6) is -0.204. The van der Waals surface area contributed by atoms with Crippen LogP contribution in [0.2, 0.25) is 0 Å². The van der Waals surface area contributed by atoms with E-state index in [4.69, 9.17) is 0 Å². The minimum Gasteiger partial charge on any atom is -0.356 e. The van der Waals surface area contributed by atoms with Crippen molar-refractivity contribution in [2.24, 2.45) is 0 Å². The highest BCUT2D eigenvalue weighted by molar-refractivity contribution is 7.09. The molecule has 1 aromatic carbocycles. The molecule has 0 saturated carbocycles. The third-order valence-electron chi connectivity index (χ3n) is 2.83. The van der Waals surface area contributed by atoms with Crippen molar-refractivity contribution in [2.75, 3.05) is 6.54 Å². The Balaban J connectivity index is 1.65. The molecule has 0 fully saturated rings. The molecule has 2 aromatic rings. The maximum atomic E-state index is 12.7. The number of aryl methyl sites for hydroxylation is 1. The van der Waals surface area contributed by atoms with Gasteiger partial charge in [0.15, 0.2) is 0 Å². The zero-order valence-electron chi connectivity index (χ0n) is 10.6. The van der Waals surface area contributed by atoms with Crippen LogP contribution < -0.4 is 5.32 Å². The molecule has 19 heavy (non-hydrogen) atoms. The molecule has 2 nitrogen and oxygen atoms in total. The summed E-state index contributed by atoms with van der Waals surface area (Å²) in [5.41, 5.74) is 0.981. The van der Waals surface area contributed by atoms with Gasteiger partial charge in [-0.1, -0.05) is 18.2 Å². The van der Waals surface area contributed by atoms with Crippen molar-refractivity contribution in [3.63, 3.8) is 0 Å². The third-order valence-corrected chi connectivity index (χ3v) is 3.76. The maximum absolute atomic E-state index is 12.7. The summed E-state index contributed by atoms with van der Waals surface area (Å²) in [6.45, 7) is 0.669. The molecule has 2 rings (SSSR count). The second kappa shape index (κ2) is 7.04. The van der Waals surface area contributed by atoms with Crippen LogP contribution in [0, 0.1) is 5.82 Å². The van der Waals surface area contributed by atoms with Crippen molar-refractivity contribution in [1.29, 1.82) is 0 Å². The van der Waals surface area contributed by atoms with Gasteiger partial charge in [-0.15, -0.1) is 11.3 Å². The predicted octanol–water partition coefficient (Wildman–Crippen LogP) is 3.18. The lowest BCUT2D eigenvalue weighted by molar-refractivity contribution is -0.121. The van der Waals surface area contributed by atoms with Crippen molar-refractivity contribution in [3.05, 3.63) is 58.0 Å². The highest BCUT2D eigenvalue weighted by Crippen LogP contribution is 2.08. The van der Waals surface area contributed by atoms with E-state index in [9.17, 15) is 9.18 Å². The molecule has 4 heteroatoms. The molecular formula is C15H16FNOS. The van der Waals surface area contributed by atoms with Crippen LogP contribution in [0.1, 0.15) is 16.9 Å². The molecular weight excluding hydrogens is 261 g/mol. The molecule has 100 valence electrons. The first-order valence-corrected chi connectivity index (χ1v) is 7.15. The van der Waals surface area contributed by atoms with Gasteiger partial charge < -0.3 is 5.32 Å². The summed E-state index contributed by atoms with van der Waals surface area (Å²) in [5, 5.41) is 4.93. The Kier molecular flexibility index (Phi) is 5.10. The summed E-state index contributed by atoms with van der Waals surface area (Å²) in [4.78, 5) is 12.9. The van der Waals surface area contributed by atoms with Gasteiger partial charge in [0, 0.05) is 17.8 Å². The molecule has 0 spiro atoms. The van der Waals surface area contributed by atoms with Gasteiger partial charge in [-0.05, 0) is 42.0 Å². The first kappa shape index (κ1) is 13.7. The van der Waals surface area contributed by atoms with Crippen LogP contribution in [-0.2, 0) is 17.6 Å². The smallest absolute Gasteiger partial charge is 0.220 e. The molecule has 0 aliphatic carbocycles. The van der Waals surface area contributed by atoms with Crippen molar-refractivity contribution in [2.45, 2.75) is 19.3 Å². The number of benzene rings is 1. The lowest BCUT2D eigenvalue weighted by Crippen LogP contribution is -2.25. The van der Waals surface area contributed by atoms with Gasteiger partial charge in [0.05, 0.1) is 0 Å². The van der Waals surface area contributed by atoms with Gasteiger partial charge in [-0.25, -0.2) is 4.39 Å². The van der Waals surface area contributed by atoms with Gasteiger partial charge >= 0.3 is 0 Å². The third kappa shape index (κ3) is 4.83. The van der Waals surface area contributed by atoms with Gasteiger partial charge in [0.25, 0.3) is 0 Å². The summed E-state index contributed by atoms with van der Waals surface area (Å²) < 4.78 is 12.7. The van der Waals surface area contributed by atoms with E-state index in [-0.39, 0.29) is 11.7 Å². The van der Waals surface area contributed by atoms with Gasteiger partial charge in [-0.3, -0.25) is 4.79 Å². The summed E-state index contributed by atoms with van der Waals surface area (Å²) in [6, 6.07) is 10.3. The number of carbonyl (C=O) groups is 1. The first-order valence-electron chi connectivity index (χ1n) is 6.27. The molecule has 0 saturated heterocycles. The average Bonchev–Trinajstić information content (AvgIpc) is 2.91. The Labute approximate surface area is 116 Å². The topological polar surface area (TPSA) is 29.1 Å². The van der Waals surface area contributed by atoms with E-state index >= 15 is 0 Å². The molecule has 0 unspecified atom stereocenters. The van der Waals surface area contributed by atoms with Crippen molar-refractivity contribution >= 4 is 17.2 Å². The Hall–Kier alpha value is -1.68. The summed E-state index contributed by atoms with van der Waals surface area (Å²) >= 11 is 1.70. The van der Waals surface area contributed by atoms with Crippen LogP contribution in [0.15, 0.2) is 41.8 Å².